The molecule has 0 fully saturated rings. The van der Waals surface area contributed by atoms with Gasteiger partial charge in [-0.15, -0.1) is 0 Å². The van der Waals surface area contributed by atoms with Gasteiger partial charge in [0.1, 0.15) is 0 Å². The van der Waals surface area contributed by atoms with E-state index < -0.39 is 0 Å². The number of nitrogens with one attached hydrogen (secondary N) is 1. The molecule has 1 aliphatic heterocycles. The molecule has 3 rings (SSSR count). The molecule has 3 heteroatoms. The van der Waals surface area contributed by atoms with Gasteiger partial charge in [-0.05, 0) is 24.1 Å². The Balaban J connectivity index is 2.11. The summed E-state index contributed by atoms with van der Waals surface area (Å²) in [5.74, 6) is 0.105. The van der Waals surface area contributed by atoms with Gasteiger partial charge in [-0.25, -0.2) is 0 Å². The molecular formula is C16H16N2O. The molecule has 1 aliphatic rings. The predicted molar refractivity (Wildman–Crippen MR) is 76.2 cm³/mol. The van der Waals surface area contributed by atoms with Crippen molar-refractivity contribution in [1.82, 2.24) is 5.32 Å². The first-order valence-electron chi connectivity index (χ1n) is 6.40. The van der Waals surface area contributed by atoms with Gasteiger partial charge in [0, 0.05) is 18.2 Å². The summed E-state index contributed by atoms with van der Waals surface area (Å²) in [5.41, 5.74) is 10.6. The molecule has 2 aromatic rings. The third-order valence-corrected chi connectivity index (χ3v) is 3.68. The van der Waals surface area contributed by atoms with Gasteiger partial charge in [-0.2, -0.15) is 0 Å². The zero-order valence-corrected chi connectivity index (χ0v) is 10.8. The Morgan fingerprint density at radius 3 is 2.63 bits per heavy atom. The molecule has 0 spiro atoms. The highest BCUT2D eigenvalue weighted by Gasteiger charge is 2.27. The van der Waals surface area contributed by atoms with Crippen molar-refractivity contribution in [2.75, 3.05) is 12.3 Å². The fourth-order valence-corrected chi connectivity index (χ4v) is 2.63. The van der Waals surface area contributed by atoms with Crippen molar-refractivity contribution >= 4 is 11.6 Å². The van der Waals surface area contributed by atoms with E-state index in [-0.39, 0.29) is 11.8 Å². The number of hydrogen-bond acceptors (Lipinski definition) is 2. The van der Waals surface area contributed by atoms with Gasteiger partial charge in [-0.1, -0.05) is 42.0 Å². The number of rotatable bonds is 1. The summed E-state index contributed by atoms with van der Waals surface area (Å²) in [5, 5.41) is 2.92. The molecule has 0 bridgehead atoms. The number of carbonyl (C=O) groups is 1. The third-order valence-electron chi connectivity index (χ3n) is 3.68. The maximum Gasteiger partial charge on any atom is 0.253 e. The predicted octanol–water partition coefficient (Wildman–Crippen LogP) is 2.45. The molecule has 3 nitrogen and oxygen atoms in total. The Bertz CT molecular complexity index is 632. The fraction of sp³-hybridized carbons (Fsp3) is 0.188. The van der Waals surface area contributed by atoms with Crippen molar-refractivity contribution in [3.8, 4) is 0 Å². The second-order valence-corrected chi connectivity index (χ2v) is 4.98. The third kappa shape index (κ3) is 1.97. The van der Waals surface area contributed by atoms with Crippen molar-refractivity contribution in [3.63, 3.8) is 0 Å². The van der Waals surface area contributed by atoms with Crippen LogP contribution in [0, 0.1) is 6.92 Å². The van der Waals surface area contributed by atoms with Crippen LogP contribution in [-0.2, 0) is 0 Å². The van der Waals surface area contributed by atoms with E-state index in [4.69, 9.17) is 5.73 Å². The molecule has 1 heterocycles. The van der Waals surface area contributed by atoms with Crippen LogP contribution in [0.25, 0.3) is 0 Å². The number of fused-ring (bicyclic) bond motifs is 1. The first kappa shape index (κ1) is 11.8. The minimum Gasteiger partial charge on any atom is -0.398 e. The normalized spacial score (nSPS) is 17.7. The molecule has 1 unspecified atom stereocenters. The van der Waals surface area contributed by atoms with E-state index in [9.17, 15) is 4.79 Å². The van der Waals surface area contributed by atoms with Crippen molar-refractivity contribution in [3.05, 3.63) is 64.7 Å². The molecule has 2 aromatic carbocycles. The average Bonchev–Trinajstić information content (AvgIpc) is 2.41. The largest absolute Gasteiger partial charge is 0.398 e. The maximum atomic E-state index is 11.9. The van der Waals surface area contributed by atoms with Crippen LogP contribution in [-0.4, -0.2) is 12.5 Å². The Hall–Kier alpha value is -2.29. The molecular weight excluding hydrogens is 236 g/mol. The van der Waals surface area contributed by atoms with Gasteiger partial charge in [0.25, 0.3) is 5.91 Å². The second-order valence-electron chi connectivity index (χ2n) is 4.98. The number of anilines is 1. The monoisotopic (exact) mass is 252 g/mol. The molecule has 19 heavy (non-hydrogen) atoms. The number of carbonyl (C=O) groups excluding carboxylic acids is 1. The fourth-order valence-electron chi connectivity index (χ4n) is 2.63. The number of nitrogen functional groups attached to an aromatic ring is 1. The topological polar surface area (TPSA) is 55.1 Å². The number of amides is 1. The Morgan fingerprint density at radius 2 is 1.89 bits per heavy atom. The standard InChI is InChI=1S/C16H16N2O/c1-10-5-7-11(8-6-10)13-9-18-16(19)15-12(13)3-2-4-14(15)17/h2-8,13H,9,17H2,1H3,(H,18,19). The molecule has 0 saturated carbocycles. The van der Waals surface area contributed by atoms with E-state index in [1.54, 1.807) is 6.07 Å². The molecule has 0 aliphatic carbocycles. The number of benzene rings is 2. The van der Waals surface area contributed by atoms with Crippen LogP contribution in [0.1, 0.15) is 33.0 Å². The van der Waals surface area contributed by atoms with Gasteiger partial charge in [0.05, 0.1) is 5.56 Å². The minimum absolute atomic E-state index is 0.0727. The Morgan fingerprint density at radius 1 is 1.16 bits per heavy atom. The van der Waals surface area contributed by atoms with Crippen LogP contribution in [0.15, 0.2) is 42.5 Å². The van der Waals surface area contributed by atoms with Crippen LogP contribution in [0.4, 0.5) is 5.69 Å². The average molecular weight is 252 g/mol. The van der Waals surface area contributed by atoms with Crippen LogP contribution in [0.5, 0.6) is 0 Å². The highest BCUT2D eigenvalue weighted by Crippen LogP contribution is 2.32. The summed E-state index contributed by atoms with van der Waals surface area (Å²) in [6, 6.07) is 14.1. The number of hydrogen-bond donors (Lipinski definition) is 2. The molecule has 1 atom stereocenters. The van der Waals surface area contributed by atoms with Crippen molar-refractivity contribution < 1.29 is 4.79 Å². The van der Waals surface area contributed by atoms with Gasteiger partial charge in [-0.3, -0.25) is 4.79 Å². The van der Waals surface area contributed by atoms with Crippen LogP contribution in [0.2, 0.25) is 0 Å². The van der Waals surface area contributed by atoms with Gasteiger partial charge < -0.3 is 11.1 Å². The summed E-state index contributed by atoms with van der Waals surface area (Å²) in [6.45, 7) is 2.69. The lowest BCUT2D eigenvalue weighted by atomic mass is 9.84. The molecule has 0 radical (unpaired) electrons. The summed E-state index contributed by atoms with van der Waals surface area (Å²) < 4.78 is 0. The molecule has 0 saturated heterocycles. The molecule has 0 aromatic heterocycles. The first-order chi connectivity index (χ1) is 9.16. The summed E-state index contributed by atoms with van der Waals surface area (Å²) in [7, 11) is 0. The quantitative estimate of drug-likeness (QED) is 0.766. The van der Waals surface area contributed by atoms with Gasteiger partial charge in [0.2, 0.25) is 0 Å². The van der Waals surface area contributed by atoms with Crippen molar-refractivity contribution in [2.45, 2.75) is 12.8 Å². The SMILES string of the molecule is Cc1ccc(C2CNC(=O)c3c(N)cccc32)cc1. The van der Waals surface area contributed by atoms with Crippen molar-refractivity contribution in [2.24, 2.45) is 0 Å². The minimum atomic E-state index is -0.0727. The van der Waals surface area contributed by atoms with E-state index in [1.165, 1.54) is 11.1 Å². The first-order valence-corrected chi connectivity index (χ1v) is 6.40. The molecule has 3 N–H and O–H groups in total. The second kappa shape index (κ2) is 4.43. The van der Waals surface area contributed by atoms with E-state index in [0.29, 0.717) is 17.8 Å². The van der Waals surface area contributed by atoms with E-state index in [1.807, 2.05) is 12.1 Å². The number of nitrogens with two attached hydrogens (primary N) is 1. The Kier molecular flexibility index (Phi) is 2.75. The smallest absolute Gasteiger partial charge is 0.253 e. The maximum absolute atomic E-state index is 11.9. The lowest BCUT2D eigenvalue weighted by Gasteiger charge is -2.27. The zero-order valence-electron chi connectivity index (χ0n) is 10.8. The highest BCUT2D eigenvalue weighted by molar-refractivity contribution is 6.02. The van der Waals surface area contributed by atoms with Gasteiger partial charge >= 0.3 is 0 Å². The summed E-state index contributed by atoms with van der Waals surface area (Å²) in [4.78, 5) is 11.9. The van der Waals surface area contributed by atoms with Crippen LogP contribution < -0.4 is 11.1 Å². The lowest BCUT2D eigenvalue weighted by Crippen LogP contribution is -2.36. The van der Waals surface area contributed by atoms with Crippen LogP contribution >= 0.6 is 0 Å². The highest BCUT2D eigenvalue weighted by atomic mass is 16.1. The van der Waals surface area contributed by atoms with E-state index in [0.717, 1.165) is 5.56 Å². The zero-order chi connectivity index (χ0) is 13.4. The summed E-state index contributed by atoms with van der Waals surface area (Å²) >= 11 is 0. The van der Waals surface area contributed by atoms with Crippen LogP contribution in [0.3, 0.4) is 0 Å². The number of aryl methyl sites for hydroxylation is 1. The van der Waals surface area contributed by atoms with Crippen molar-refractivity contribution in [1.29, 1.82) is 0 Å². The summed E-state index contributed by atoms with van der Waals surface area (Å²) in [6.07, 6.45) is 0. The van der Waals surface area contributed by atoms with E-state index >= 15 is 0 Å². The lowest BCUT2D eigenvalue weighted by molar-refractivity contribution is 0.0943. The van der Waals surface area contributed by atoms with Gasteiger partial charge in [0.15, 0.2) is 0 Å². The van der Waals surface area contributed by atoms with E-state index in [2.05, 4.69) is 36.5 Å². The Labute approximate surface area is 112 Å². The molecule has 96 valence electrons. The molecule has 1 amide bonds.